The van der Waals surface area contributed by atoms with Gasteiger partial charge in [-0.2, -0.15) is 13.2 Å². The van der Waals surface area contributed by atoms with Crippen molar-refractivity contribution in [1.82, 2.24) is 4.90 Å². The van der Waals surface area contributed by atoms with Crippen LogP contribution in [0.2, 0.25) is 0 Å². The minimum Gasteiger partial charge on any atom is -0.284 e. The molecule has 15 heavy (non-hydrogen) atoms. The second kappa shape index (κ2) is 4.12. The number of hydrogen-bond acceptors (Lipinski definition) is 1. The molecule has 5 heteroatoms. The number of halogens is 4. The summed E-state index contributed by atoms with van der Waals surface area (Å²) in [4.78, 5) is 1.16. The van der Waals surface area contributed by atoms with Crippen LogP contribution in [0.1, 0.15) is 26.2 Å². The van der Waals surface area contributed by atoms with E-state index < -0.39 is 17.5 Å². The van der Waals surface area contributed by atoms with E-state index in [2.05, 4.69) is 6.58 Å². The molecule has 0 aromatic rings. The minimum absolute atomic E-state index is 0.288. The molecule has 0 aromatic carbocycles. The van der Waals surface area contributed by atoms with Gasteiger partial charge in [-0.3, -0.25) is 4.90 Å². The SMILES string of the molecule is C=C(F)C(CC)(N1CCCC1)C(F)(F)F. The summed E-state index contributed by atoms with van der Waals surface area (Å²) in [6.07, 6.45) is -3.56. The third-order valence-corrected chi connectivity index (χ3v) is 3.08. The Morgan fingerprint density at radius 1 is 1.27 bits per heavy atom. The number of alkyl halides is 3. The van der Waals surface area contributed by atoms with Crippen LogP contribution in [0.15, 0.2) is 12.4 Å². The van der Waals surface area contributed by atoms with Crippen molar-refractivity contribution in [1.29, 1.82) is 0 Å². The molecule has 0 radical (unpaired) electrons. The molecule has 88 valence electrons. The summed E-state index contributed by atoms with van der Waals surface area (Å²) in [5, 5.41) is 0. The van der Waals surface area contributed by atoms with Crippen molar-refractivity contribution in [3.8, 4) is 0 Å². The lowest BCUT2D eigenvalue weighted by atomic mass is 9.92. The molecule has 1 saturated heterocycles. The topological polar surface area (TPSA) is 3.24 Å². The second-order valence-corrected chi connectivity index (χ2v) is 3.81. The molecule has 0 spiro atoms. The van der Waals surface area contributed by atoms with Gasteiger partial charge in [-0.1, -0.05) is 13.5 Å². The maximum Gasteiger partial charge on any atom is 0.413 e. The molecule has 1 aliphatic rings. The van der Waals surface area contributed by atoms with Crippen molar-refractivity contribution in [2.45, 2.75) is 37.9 Å². The zero-order chi connectivity index (χ0) is 11.7. The minimum atomic E-state index is -4.60. The van der Waals surface area contributed by atoms with Crippen LogP contribution in [0.25, 0.3) is 0 Å². The molecule has 1 aliphatic heterocycles. The molecule has 0 aliphatic carbocycles. The predicted octanol–water partition coefficient (Wildman–Crippen LogP) is 3.28. The van der Waals surface area contributed by atoms with Crippen LogP contribution in [0, 0.1) is 0 Å². The van der Waals surface area contributed by atoms with Crippen LogP contribution < -0.4 is 0 Å². The van der Waals surface area contributed by atoms with Gasteiger partial charge in [0.2, 0.25) is 0 Å². The van der Waals surface area contributed by atoms with E-state index in [4.69, 9.17) is 0 Å². The fraction of sp³-hybridized carbons (Fsp3) is 0.800. The lowest BCUT2D eigenvalue weighted by Gasteiger charge is -2.41. The third kappa shape index (κ3) is 1.89. The normalized spacial score (nSPS) is 22.7. The zero-order valence-electron chi connectivity index (χ0n) is 8.70. The molecule has 0 saturated carbocycles. The van der Waals surface area contributed by atoms with Crippen LogP contribution in [-0.4, -0.2) is 29.7 Å². The van der Waals surface area contributed by atoms with Gasteiger partial charge < -0.3 is 0 Å². The standard InChI is InChI=1S/C10H15F4N/c1-3-9(8(2)11,10(12,13)14)15-6-4-5-7-15/h2-7H2,1H3. The maximum atomic E-state index is 13.2. The van der Waals surface area contributed by atoms with Crippen LogP contribution in [0.4, 0.5) is 17.6 Å². The van der Waals surface area contributed by atoms with Crippen molar-refractivity contribution < 1.29 is 17.6 Å². The highest BCUT2D eigenvalue weighted by molar-refractivity contribution is 5.16. The van der Waals surface area contributed by atoms with E-state index in [0.717, 1.165) is 4.90 Å². The van der Waals surface area contributed by atoms with E-state index in [9.17, 15) is 17.6 Å². The molecule has 1 unspecified atom stereocenters. The predicted molar refractivity (Wildman–Crippen MR) is 50.1 cm³/mol. The highest BCUT2D eigenvalue weighted by Crippen LogP contribution is 2.44. The fourth-order valence-electron chi connectivity index (χ4n) is 2.22. The summed E-state index contributed by atoms with van der Waals surface area (Å²) in [6.45, 7) is 4.80. The average Bonchev–Trinajstić information content (AvgIpc) is 2.56. The Labute approximate surface area is 86.8 Å². The van der Waals surface area contributed by atoms with Gasteiger partial charge in [-0.25, -0.2) is 4.39 Å². The molecule has 1 nitrogen and oxygen atoms in total. The van der Waals surface area contributed by atoms with Crippen LogP contribution in [0.5, 0.6) is 0 Å². The van der Waals surface area contributed by atoms with E-state index in [1.54, 1.807) is 0 Å². The van der Waals surface area contributed by atoms with Crippen molar-refractivity contribution in [3.63, 3.8) is 0 Å². The smallest absolute Gasteiger partial charge is 0.284 e. The van der Waals surface area contributed by atoms with E-state index in [-0.39, 0.29) is 19.5 Å². The van der Waals surface area contributed by atoms with Crippen molar-refractivity contribution in [2.24, 2.45) is 0 Å². The van der Waals surface area contributed by atoms with Crippen LogP contribution in [-0.2, 0) is 0 Å². The Bertz CT molecular complexity index is 242. The summed E-state index contributed by atoms with van der Waals surface area (Å²) in [7, 11) is 0. The Morgan fingerprint density at radius 3 is 2.00 bits per heavy atom. The molecule has 0 aromatic heterocycles. The monoisotopic (exact) mass is 225 g/mol. The van der Waals surface area contributed by atoms with Crippen LogP contribution >= 0.6 is 0 Å². The molecular formula is C10H15F4N. The second-order valence-electron chi connectivity index (χ2n) is 3.81. The van der Waals surface area contributed by atoms with Gasteiger partial charge in [0, 0.05) is 0 Å². The highest BCUT2D eigenvalue weighted by Gasteiger charge is 2.60. The van der Waals surface area contributed by atoms with Crippen molar-refractivity contribution >= 4 is 0 Å². The molecule has 1 heterocycles. The number of rotatable bonds is 3. The Hall–Kier alpha value is -0.580. The van der Waals surface area contributed by atoms with Gasteiger partial charge in [0.15, 0.2) is 5.54 Å². The van der Waals surface area contributed by atoms with E-state index >= 15 is 0 Å². The molecule has 1 fully saturated rings. The van der Waals surface area contributed by atoms with E-state index in [1.807, 2.05) is 0 Å². The summed E-state index contributed by atoms with van der Waals surface area (Å²) >= 11 is 0. The Morgan fingerprint density at radius 2 is 1.73 bits per heavy atom. The number of likely N-dealkylation sites (tertiary alicyclic amines) is 1. The maximum absolute atomic E-state index is 13.2. The van der Waals surface area contributed by atoms with Gasteiger partial charge in [-0.15, -0.1) is 0 Å². The Kier molecular flexibility index (Phi) is 3.43. The summed E-state index contributed by atoms with van der Waals surface area (Å²) in [5.41, 5.74) is -2.47. The van der Waals surface area contributed by atoms with Gasteiger partial charge in [0.05, 0.1) is 0 Å². The number of nitrogens with zero attached hydrogens (tertiary/aromatic N) is 1. The highest BCUT2D eigenvalue weighted by atomic mass is 19.4. The van der Waals surface area contributed by atoms with E-state index in [1.165, 1.54) is 6.92 Å². The number of hydrogen-bond donors (Lipinski definition) is 0. The summed E-state index contributed by atoms with van der Waals surface area (Å²) in [5.74, 6) is -1.29. The summed E-state index contributed by atoms with van der Waals surface area (Å²) in [6, 6.07) is 0. The van der Waals surface area contributed by atoms with Crippen molar-refractivity contribution in [2.75, 3.05) is 13.1 Å². The Balaban J connectivity index is 3.08. The van der Waals surface area contributed by atoms with Gasteiger partial charge >= 0.3 is 6.18 Å². The first-order valence-electron chi connectivity index (χ1n) is 5.03. The lowest BCUT2D eigenvalue weighted by Crippen LogP contribution is -2.57. The molecule has 0 amide bonds. The van der Waals surface area contributed by atoms with E-state index in [0.29, 0.717) is 12.8 Å². The van der Waals surface area contributed by atoms with Crippen LogP contribution in [0.3, 0.4) is 0 Å². The largest absolute Gasteiger partial charge is 0.413 e. The third-order valence-electron chi connectivity index (χ3n) is 3.08. The molecule has 1 rings (SSSR count). The molecule has 0 bridgehead atoms. The molecule has 0 N–H and O–H groups in total. The van der Waals surface area contributed by atoms with Gasteiger partial charge in [0.25, 0.3) is 0 Å². The van der Waals surface area contributed by atoms with Crippen molar-refractivity contribution in [3.05, 3.63) is 12.4 Å². The average molecular weight is 225 g/mol. The van der Waals surface area contributed by atoms with Gasteiger partial charge in [-0.05, 0) is 32.4 Å². The lowest BCUT2D eigenvalue weighted by molar-refractivity contribution is -0.222. The first-order chi connectivity index (χ1) is 6.86. The van der Waals surface area contributed by atoms with Gasteiger partial charge in [0.1, 0.15) is 5.83 Å². The summed E-state index contributed by atoms with van der Waals surface area (Å²) < 4.78 is 52.0. The quantitative estimate of drug-likeness (QED) is 0.666. The fourth-order valence-corrected chi connectivity index (χ4v) is 2.22. The molecular weight excluding hydrogens is 210 g/mol. The first-order valence-corrected chi connectivity index (χ1v) is 5.03. The molecule has 1 atom stereocenters. The first kappa shape index (κ1) is 12.5. The zero-order valence-corrected chi connectivity index (χ0v) is 8.70.